The van der Waals surface area contributed by atoms with Gasteiger partial charge < -0.3 is 20.3 Å². The van der Waals surface area contributed by atoms with Crippen molar-refractivity contribution >= 4 is 13.1 Å². The van der Waals surface area contributed by atoms with E-state index in [1.165, 1.54) is 0 Å². The Bertz CT molecular complexity index is 250. The van der Waals surface area contributed by atoms with E-state index in [0.29, 0.717) is 25.8 Å². The summed E-state index contributed by atoms with van der Waals surface area (Å²) >= 11 is 0. The average molecular weight is 231 g/mol. The highest BCUT2D eigenvalue weighted by atomic mass is 16.4. The van der Waals surface area contributed by atoms with Crippen molar-refractivity contribution in [1.82, 2.24) is 5.32 Å². The lowest BCUT2D eigenvalue weighted by atomic mass is 9.81. The lowest BCUT2D eigenvalue weighted by Gasteiger charge is -2.24. The van der Waals surface area contributed by atoms with Crippen molar-refractivity contribution in [3.05, 3.63) is 0 Å². The summed E-state index contributed by atoms with van der Waals surface area (Å²) in [6.07, 6.45) is 1.39. The van der Waals surface area contributed by atoms with Crippen molar-refractivity contribution in [1.29, 1.82) is 0 Å². The number of β-amino-alcohol motifs (C(OH)–C–C–N with tert-alkyl or cyclic N) is 1. The van der Waals surface area contributed by atoms with Crippen molar-refractivity contribution in [2.75, 3.05) is 6.54 Å². The number of carboxylic acids is 1. The van der Waals surface area contributed by atoms with E-state index in [1.54, 1.807) is 0 Å². The van der Waals surface area contributed by atoms with E-state index in [4.69, 9.17) is 15.2 Å². The lowest BCUT2D eigenvalue weighted by Crippen LogP contribution is -2.47. The Morgan fingerprint density at radius 1 is 1.44 bits per heavy atom. The van der Waals surface area contributed by atoms with Crippen molar-refractivity contribution in [3.63, 3.8) is 0 Å². The van der Waals surface area contributed by atoms with E-state index in [0.717, 1.165) is 0 Å². The SMILES string of the molecule is O=C(O)[C@@]1(CCCCB(O)O)C[C@H](O)CN1. The maximum atomic E-state index is 11.1. The van der Waals surface area contributed by atoms with Crippen LogP contribution in [0.3, 0.4) is 0 Å². The normalized spacial score (nSPS) is 29.3. The molecule has 0 aromatic heterocycles. The van der Waals surface area contributed by atoms with Gasteiger partial charge >= 0.3 is 13.1 Å². The molecule has 0 aliphatic carbocycles. The molecule has 0 bridgehead atoms. The Morgan fingerprint density at radius 3 is 2.56 bits per heavy atom. The minimum absolute atomic E-state index is 0.212. The van der Waals surface area contributed by atoms with Crippen LogP contribution < -0.4 is 5.32 Å². The van der Waals surface area contributed by atoms with Crippen LogP contribution in [-0.2, 0) is 4.79 Å². The summed E-state index contributed by atoms with van der Waals surface area (Å²) in [6.45, 7) is 0.301. The molecule has 0 aromatic rings. The Morgan fingerprint density at radius 2 is 2.12 bits per heavy atom. The fraction of sp³-hybridized carbons (Fsp3) is 0.889. The Balaban J connectivity index is 2.38. The van der Waals surface area contributed by atoms with E-state index in [1.807, 2.05) is 0 Å². The van der Waals surface area contributed by atoms with Crippen molar-refractivity contribution in [2.24, 2.45) is 0 Å². The predicted molar refractivity (Wildman–Crippen MR) is 57.8 cm³/mol. The van der Waals surface area contributed by atoms with Crippen LogP contribution in [0, 0.1) is 0 Å². The van der Waals surface area contributed by atoms with Gasteiger partial charge in [-0.1, -0.05) is 12.8 Å². The molecular formula is C9H18BNO5. The van der Waals surface area contributed by atoms with Crippen molar-refractivity contribution in [2.45, 2.75) is 43.6 Å². The number of aliphatic hydroxyl groups excluding tert-OH is 1. The van der Waals surface area contributed by atoms with E-state index in [2.05, 4.69) is 5.32 Å². The Kier molecular flexibility index (Phi) is 4.73. The zero-order chi connectivity index (χ0) is 12.2. The van der Waals surface area contributed by atoms with Crippen molar-refractivity contribution < 1.29 is 25.1 Å². The molecule has 2 atom stereocenters. The third-order valence-electron chi connectivity index (χ3n) is 2.99. The lowest BCUT2D eigenvalue weighted by molar-refractivity contribution is -0.144. The first-order chi connectivity index (χ1) is 7.46. The monoisotopic (exact) mass is 231 g/mol. The number of hydrogen-bond donors (Lipinski definition) is 5. The highest BCUT2D eigenvalue weighted by Crippen LogP contribution is 2.26. The molecule has 0 saturated carbocycles. The first kappa shape index (κ1) is 13.4. The number of carboxylic acid groups (broad SMARTS) is 1. The molecule has 0 aromatic carbocycles. The van der Waals surface area contributed by atoms with E-state index < -0.39 is 24.7 Å². The molecule has 1 saturated heterocycles. The number of nitrogens with one attached hydrogen (secondary N) is 1. The van der Waals surface area contributed by atoms with E-state index in [-0.39, 0.29) is 12.7 Å². The first-order valence-electron chi connectivity index (χ1n) is 5.49. The summed E-state index contributed by atoms with van der Waals surface area (Å²) in [7, 11) is -1.33. The van der Waals surface area contributed by atoms with Crippen LogP contribution in [0.2, 0.25) is 6.32 Å². The van der Waals surface area contributed by atoms with E-state index >= 15 is 0 Å². The minimum Gasteiger partial charge on any atom is -0.480 e. The van der Waals surface area contributed by atoms with Gasteiger partial charge in [-0.05, 0) is 12.7 Å². The maximum absolute atomic E-state index is 11.1. The average Bonchev–Trinajstić information content (AvgIpc) is 2.56. The molecule has 92 valence electrons. The number of hydrogen-bond acceptors (Lipinski definition) is 5. The number of aliphatic hydroxyl groups is 1. The quantitative estimate of drug-likeness (QED) is 0.290. The minimum atomic E-state index is -1.33. The first-order valence-corrected chi connectivity index (χ1v) is 5.49. The van der Waals surface area contributed by atoms with Crippen LogP contribution in [-0.4, -0.2) is 51.5 Å². The molecule has 7 heteroatoms. The molecule has 1 fully saturated rings. The molecule has 1 heterocycles. The summed E-state index contributed by atoms with van der Waals surface area (Å²) in [6, 6.07) is 0. The fourth-order valence-corrected chi connectivity index (χ4v) is 2.07. The number of carbonyl (C=O) groups is 1. The van der Waals surface area contributed by atoms with Crippen LogP contribution in [0.1, 0.15) is 25.7 Å². The van der Waals surface area contributed by atoms with Crippen LogP contribution in [0.15, 0.2) is 0 Å². The zero-order valence-corrected chi connectivity index (χ0v) is 9.09. The smallest absolute Gasteiger partial charge is 0.451 e. The molecule has 0 radical (unpaired) electrons. The van der Waals surface area contributed by atoms with Crippen LogP contribution in [0.25, 0.3) is 0 Å². The summed E-state index contributed by atoms with van der Waals surface area (Å²) in [5.74, 6) is -0.950. The topological polar surface area (TPSA) is 110 Å². The van der Waals surface area contributed by atoms with Crippen LogP contribution in [0.4, 0.5) is 0 Å². The molecule has 0 amide bonds. The third-order valence-corrected chi connectivity index (χ3v) is 2.99. The van der Waals surface area contributed by atoms with Gasteiger partial charge in [-0.3, -0.25) is 10.1 Å². The number of rotatable bonds is 6. The van der Waals surface area contributed by atoms with Gasteiger partial charge in [-0.25, -0.2) is 0 Å². The van der Waals surface area contributed by atoms with Gasteiger partial charge in [-0.2, -0.15) is 0 Å². The van der Waals surface area contributed by atoms with Gasteiger partial charge in [0.25, 0.3) is 0 Å². The molecule has 5 N–H and O–H groups in total. The maximum Gasteiger partial charge on any atom is 0.451 e. The second kappa shape index (κ2) is 5.63. The number of unbranched alkanes of at least 4 members (excludes halogenated alkanes) is 1. The highest BCUT2D eigenvalue weighted by Gasteiger charge is 2.44. The van der Waals surface area contributed by atoms with Crippen molar-refractivity contribution in [3.8, 4) is 0 Å². The Labute approximate surface area is 94.4 Å². The zero-order valence-electron chi connectivity index (χ0n) is 9.09. The Hall–Kier alpha value is -0.625. The molecule has 0 unspecified atom stereocenters. The molecule has 1 aliphatic rings. The second-order valence-electron chi connectivity index (χ2n) is 4.35. The number of aliphatic carboxylic acids is 1. The summed E-state index contributed by atoms with van der Waals surface area (Å²) in [5, 5.41) is 38.6. The predicted octanol–water partition coefficient (Wildman–Crippen LogP) is -1.19. The van der Waals surface area contributed by atoms with Crippen LogP contribution in [0.5, 0.6) is 0 Å². The molecule has 1 aliphatic heterocycles. The highest BCUT2D eigenvalue weighted by molar-refractivity contribution is 6.40. The third kappa shape index (κ3) is 3.45. The van der Waals surface area contributed by atoms with Gasteiger partial charge in [0, 0.05) is 13.0 Å². The van der Waals surface area contributed by atoms with Gasteiger partial charge in [0.15, 0.2) is 0 Å². The molecule has 0 spiro atoms. The van der Waals surface area contributed by atoms with Gasteiger partial charge in [0.1, 0.15) is 5.54 Å². The van der Waals surface area contributed by atoms with Gasteiger partial charge in [0.05, 0.1) is 6.10 Å². The summed E-state index contributed by atoms with van der Waals surface area (Å²) in [4.78, 5) is 11.1. The molecule has 1 rings (SSSR count). The summed E-state index contributed by atoms with van der Waals surface area (Å²) < 4.78 is 0. The second-order valence-corrected chi connectivity index (χ2v) is 4.35. The fourth-order valence-electron chi connectivity index (χ4n) is 2.07. The molecule has 16 heavy (non-hydrogen) atoms. The van der Waals surface area contributed by atoms with E-state index in [9.17, 15) is 9.90 Å². The standard InChI is InChI=1S/C9H18BNO5/c12-7-5-9(8(13)14,11-6-7)3-1-2-4-10(15)16/h7,11-12,15-16H,1-6H2,(H,13,14)/t7-,9+/m0/s1. The largest absolute Gasteiger partial charge is 0.480 e. The van der Waals surface area contributed by atoms with Crippen LogP contribution >= 0.6 is 0 Å². The molecule has 6 nitrogen and oxygen atoms in total. The summed E-state index contributed by atoms with van der Waals surface area (Å²) in [5.41, 5.74) is -1.04. The molecular weight excluding hydrogens is 213 g/mol. The van der Waals surface area contributed by atoms with Gasteiger partial charge in [0.2, 0.25) is 0 Å². The van der Waals surface area contributed by atoms with Gasteiger partial charge in [-0.15, -0.1) is 0 Å².